The third-order valence-corrected chi connectivity index (χ3v) is 7.22. The van der Waals surface area contributed by atoms with Crippen LogP contribution in [0.15, 0.2) is 59.7 Å². The number of likely N-dealkylation sites (tertiary alicyclic amines) is 1. The van der Waals surface area contributed by atoms with Gasteiger partial charge in [-0.15, -0.1) is 0 Å². The fourth-order valence-electron chi connectivity index (χ4n) is 5.14. The van der Waals surface area contributed by atoms with Crippen molar-refractivity contribution < 1.29 is 28.6 Å². The summed E-state index contributed by atoms with van der Waals surface area (Å²) in [6.45, 7) is 15.4. The van der Waals surface area contributed by atoms with Crippen molar-refractivity contribution in [2.75, 3.05) is 31.6 Å². The SMILES string of the molecule is C=C(C#N)CN(C(=O)OC(C)(C)C)c1c(OC)ccc2ccc(-c3ccnc(C(=O)/N=C/C4CCCN(C(=O)OC(C)(C)C)C4)n3)cc12. The second-order valence-corrected chi connectivity index (χ2v) is 13.5. The summed E-state index contributed by atoms with van der Waals surface area (Å²) >= 11 is 0. The van der Waals surface area contributed by atoms with Crippen LogP contribution in [0.5, 0.6) is 5.75 Å². The van der Waals surface area contributed by atoms with E-state index in [1.807, 2.05) is 51.1 Å². The number of ether oxygens (including phenoxy) is 3. The van der Waals surface area contributed by atoms with Crippen LogP contribution in [0.4, 0.5) is 15.3 Å². The minimum absolute atomic E-state index is 0.0878. The largest absolute Gasteiger partial charge is 0.495 e. The zero-order valence-electron chi connectivity index (χ0n) is 28.6. The van der Waals surface area contributed by atoms with E-state index in [0.717, 1.165) is 18.2 Å². The first-order valence-corrected chi connectivity index (χ1v) is 15.7. The Morgan fingerprint density at radius 3 is 2.48 bits per heavy atom. The average Bonchev–Trinajstić information content (AvgIpc) is 3.03. The Kier molecular flexibility index (Phi) is 10.8. The number of rotatable bonds is 7. The molecule has 1 atom stereocenters. The number of hydrogen-bond acceptors (Lipinski definition) is 9. The highest BCUT2D eigenvalue weighted by Crippen LogP contribution is 2.39. The molecule has 12 nitrogen and oxygen atoms in total. The van der Waals surface area contributed by atoms with Crippen LogP contribution in [0.2, 0.25) is 0 Å². The van der Waals surface area contributed by atoms with Crippen LogP contribution in [0, 0.1) is 17.2 Å². The van der Waals surface area contributed by atoms with Gasteiger partial charge in [-0.3, -0.25) is 9.69 Å². The van der Waals surface area contributed by atoms with Gasteiger partial charge in [-0.2, -0.15) is 5.26 Å². The van der Waals surface area contributed by atoms with Gasteiger partial charge in [0.25, 0.3) is 0 Å². The molecule has 0 saturated carbocycles. The highest BCUT2D eigenvalue weighted by molar-refractivity contribution is 6.06. The maximum Gasteiger partial charge on any atom is 0.415 e. The number of aromatic nitrogens is 2. The second-order valence-electron chi connectivity index (χ2n) is 13.5. The molecule has 1 aliphatic heterocycles. The highest BCUT2D eigenvalue weighted by atomic mass is 16.6. The van der Waals surface area contributed by atoms with Gasteiger partial charge in [-0.25, -0.2) is 24.5 Å². The fourth-order valence-corrected chi connectivity index (χ4v) is 5.14. The van der Waals surface area contributed by atoms with E-state index < -0.39 is 23.2 Å². The van der Waals surface area contributed by atoms with E-state index in [0.29, 0.717) is 41.2 Å². The van der Waals surface area contributed by atoms with Crippen LogP contribution >= 0.6 is 0 Å². The van der Waals surface area contributed by atoms with Gasteiger partial charge in [0.1, 0.15) is 17.0 Å². The van der Waals surface area contributed by atoms with Crippen LogP contribution < -0.4 is 9.64 Å². The molecule has 252 valence electrons. The van der Waals surface area contributed by atoms with E-state index in [2.05, 4.69) is 21.5 Å². The number of carbonyl (C=O) groups excluding carboxylic acids is 3. The molecule has 0 N–H and O–H groups in total. The van der Waals surface area contributed by atoms with E-state index in [1.165, 1.54) is 18.2 Å². The summed E-state index contributed by atoms with van der Waals surface area (Å²) in [7, 11) is 1.49. The first kappa shape index (κ1) is 35.5. The number of carbonyl (C=O) groups is 3. The van der Waals surface area contributed by atoms with Gasteiger partial charge in [0, 0.05) is 47.9 Å². The van der Waals surface area contributed by atoms with Gasteiger partial charge in [0.05, 0.1) is 31.1 Å². The van der Waals surface area contributed by atoms with Crippen molar-refractivity contribution in [1.82, 2.24) is 14.9 Å². The summed E-state index contributed by atoms with van der Waals surface area (Å²) in [6, 6.07) is 12.8. The summed E-state index contributed by atoms with van der Waals surface area (Å²) in [4.78, 5) is 54.9. The first-order chi connectivity index (χ1) is 22.6. The smallest absolute Gasteiger partial charge is 0.415 e. The molecule has 3 amide bonds. The molecule has 0 spiro atoms. The number of methoxy groups -OCH3 is 1. The molecule has 4 rings (SSSR count). The molecule has 1 fully saturated rings. The van der Waals surface area contributed by atoms with Gasteiger partial charge < -0.3 is 19.1 Å². The van der Waals surface area contributed by atoms with Crippen molar-refractivity contribution in [3.8, 4) is 23.1 Å². The van der Waals surface area contributed by atoms with Crippen molar-refractivity contribution in [2.24, 2.45) is 10.9 Å². The molecule has 3 aromatic rings. The molecule has 0 radical (unpaired) electrons. The maximum absolute atomic E-state index is 13.5. The number of piperidine rings is 1. The van der Waals surface area contributed by atoms with E-state index in [1.54, 1.807) is 44.0 Å². The van der Waals surface area contributed by atoms with E-state index in [4.69, 9.17) is 14.2 Å². The number of fused-ring (bicyclic) bond motifs is 1. The third-order valence-electron chi connectivity index (χ3n) is 7.22. The third kappa shape index (κ3) is 9.15. The quantitative estimate of drug-likeness (QED) is 0.194. The molecule has 0 bridgehead atoms. The second kappa shape index (κ2) is 14.6. The normalized spacial score (nSPS) is 15.1. The van der Waals surface area contributed by atoms with Crippen molar-refractivity contribution >= 4 is 40.8 Å². The Morgan fingerprint density at radius 2 is 1.81 bits per heavy atom. The number of amides is 3. The fraction of sp³-hybridized carbons (Fsp3) is 0.417. The van der Waals surface area contributed by atoms with Crippen LogP contribution in [0.1, 0.15) is 65.0 Å². The molecular weight excluding hydrogens is 612 g/mol. The zero-order chi connectivity index (χ0) is 35.2. The molecule has 1 aromatic heterocycles. The molecule has 1 saturated heterocycles. The van der Waals surface area contributed by atoms with Crippen LogP contribution in [0.25, 0.3) is 22.0 Å². The van der Waals surface area contributed by atoms with Crippen molar-refractivity contribution in [3.05, 3.63) is 60.6 Å². The Bertz CT molecular complexity index is 1780. The maximum atomic E-state index is 13.5. The first-order valence-electron chi connectivity index (χ1n) is 15.7. The standard InChI is InChI=1S/C36H42N6O6/c1-23(19-37)21-42(34(45)48-36(5,6)7)30-27-18-26(12-11-25(27)13-14-29(30)46-8)28-15-16-38-31(40-28)32(43)39-20-24-10-9-17-41(22-24)33(44)47-35(2,3)4/h11-16,18,20,24H,1,9-10,17,21-22H2,2-8H3/b39-20+. The van der Waals surface area contributed by atoms with E-state index in [-0.39, 0.29) is 30.0 Å². The lowest BCUT2D eigenvalue weighted by molar-refractivity contribution is 0.0195. The molecule has 1 unspecified atom stereocenters. The monoisotopic (exact) mass is 654 g/mol. The number of aliphatic imine (C=N–C) groups is 1. The van der Waals surface area contributed by atoms with Gasteiger partial charge >= 0.3 is 18.1 Å². The summed E-state index contributed by atoms with van der Waals surface area (Å²) in [6.07, 6.45) is 3.53. The minimum Gasteiger partial charge on any atom is -0.495 e. The molecular formula is C36H42N6O6. The molecule has 2 aromatic carbocycles. The summed E-state index contributed by atoms with van der Waals surface area (Å²) in [5.41, 5.74) is 0.248. The Morgan fingerprint density at radius 1 is 1.10 bits per heavy atom. The Balaban J connectivity index is 1.65. The van der Waals surface area contributed by atoms with Crippen LogP contribution in [-0.4, -0.2) is 77.1 Å². The Hall–Kier alpha value is -5.31. The van der Waals surface area contributed by atoms with E-state index in [9.17, 15) is 19.6 Å². The molecule has 1 aliphatic rings. The zero-order valence-corrected chi connectivity index (χ0v) is 28.6. The van der Waals surface area contributed by atoms with Gasteiger partial charge in [0.15, 0.2) is 0 Å². The summed E-state index contributed by atoms with van der Waals surface area (Å²) in [5.74, 6) is -0.426. The lowest BCUT2D eigenvalue weighted by Gasteiger charge is -2.32. The van der Waals surface area contributed by atoms with Crippen LogP contribution in [-0.2, 0) is 9.47 Å². The number of anilines is 1. The number of hydrogen-bond donors (Lipinski definition) is 0. The van der Waals surface area contributed by atoms with E-state index >= 15 is 0 Å². The van der Waals surface area contributed by atoms with Gasteiger partial charge in [0.2, 0.25) is 5.82 Å². The average molecular weight is 655 g/mol. The van der Waals surface area contributed by atoms with Crippen molar-refractivity contribution in [3.63, 3.8) is 0 Å². The topological polar surface area (TPSA) is 147 Å². The van der Waals surface area contributed by atoms with Crippen molar-refractivity contribution in [2.45, 2.75) is 65.6 Å². The molecule has 0 aliphatic carbocycles. The molecule has 48 heavy (non-hydrogen) atoms. The Labute approximate surface area is 281 Å². The van der Waals surface area contributed by atoms with Gasteiger partial charge in [-0.05, 0) is 78.0 Å². The summed E-state index contributed by atoms with van der Waals surface area (Å²) in [5, 5.41) is 10.9. The number of benzene rings is 2. The number of nitrogens with zero attached hydrogens (tertiary/aromatic N) is 6. The highest BCUT2D eigenvalue weighted by Gasteiger charge is 2.29. The minimum atomic E-state index is -0.798. The molecule has 2 heterocycles. The lowest BCUT2D eigenvalue weighted by atomic mass is 10.00. The number of nitriles is 1. The predicted octanol–water partition coefficient (Wildman–Crippen LogP) is 6.98. The van der Waals surface area contributed by atoms with Gasteiger partial charge in [-0.1, -0.05) is 24.8 Å². The predicted molar refractivity (Wildman–Crippen MR) is 183 cm³/mol. The summed E-state index contributed by atoms with van der Waals surface area (Å²) < 4.78 is 16.9. The molecule has 12 heteroatoms. The van der Waals surface area contributed by atoms with Crippen molar-refractivity contribution in [1.29, 1.82) is 5.26 Å². The van der Waals surface area contributed by atoms with Crippen LogP contribution in [0.3, 0.4) is 0 Å². The lowest BCUT2D eigenvalue weighted by Crippen LogP contribution is -2.43.